The van der Waals surface area contributed by atoms with Crippen LogP contribution in [0.4, 0.5) is 0 Å². The quantitative estimate of drug-likeness (QED) is 0.316. The highest BCUT2D eigenvalue weighted by Crippen LogP contribution is 2.05. The smallest absolute Gasteiger partial charge is 0.251 e. The average molecular weight is 298 g/mol. The maximum Gasteiger partial charge on any atom is 0.251 e. The Bertz CT molecular complexity index is 491. The predicted molar refractivity (Wildman–Crippen MR) is 72.4 cm³/mol. The highest BCUT2D eigenvalue weighted by molar-refractivity contribution is 5.99. The van der Waals surface area contributed by atoms with Crippen molar-refractivity contribution in [2.24, 2.45) is 0 Å². The van der Waals surface area contributed by atoms with Gasteiger partial charge in [0.1, 0.15) is 0 Å². The summed E-state index contributed by atoms with van der Waals surface area (Å²) in [5.74, 6) is -1.05. The number of rotatable bonds is 7. The summed E-state index contributed by atoms with van der Waals surface area (Å²) in [6.07, 6.45) is -2.70. The minimum Gasteiger partial charge on any atom is -0.394 e. The zero-order valence-electron chi connectivity index (χ0n) is 11.2. The van der Waals surface area contributed by atoms with Gasteiger partial charge in [0.25, 0.3) is 11.8 Å². The molecule has 0 aliphatic heterocycles. The number of benzene rings is 1. The van der Waals surface area contributed by atoms with Gasteiger partial charge in [0.05, 0.1) is 19.3 Å². The van der Waals surface area contributed by atoms with Crippen molar-refractivity contribution in [2.45, 2.75) is 12.4 Å². The number of amides is 2. The molecular formula is C13H18N2O6. The minimum absolute atomic E-state index is 0.109. The molecule has 0 saturated heterocycles. The molecule has 0 heterocycles. The van der Waals surface area contributed by atoms with Crippen molar-refractivity contribution in [3.63, 3.8) is 0 Å². The third kappa shape index (κ3) is 5.88. The number of aliphatic hydroxyl groups is 4. The molecule has 21 heavy (non-hydrogen) atoms. The number of hydrogen-bond acceptors (Lipinski definition) is 6. The van der Waals surface area contributed by atoms with E-state index >= 15 is 0 Å². The van der Waals surface area contributed by atoms with Gasteiger partial charge in [-0.3, -0.25) is 9.59 Å². The monoisotopic (exact) mass is 298 g/mol. The van der Waals surface area contributed by atoms with Crippen LogP contribution >= 0.6 is 0 Å². The lowest BCUT2D eigenvalue weighted by molar-refractivity contribution is -0.0361. The van der Waals surface area contributed by atoms with Crippen LogP contribution in [0.2, 0.25) is 0 Å². The third-order valence-electron chi connectivity index (χ3n) is 2.54. The predicted octanol–water partition coefficient (Wildman–Crippen LogP) is -2.19. The molecule has 1 atom stereocenters. The van der Waals surface area contributed by atoms with Crippen LogP contribution in [0.1, 0.15) is 20.7 Å². The summed E-state index contributed by atoms with van der Waals surface area (Å²) >= 11 is 0. The van der Waals surface area contributed by atoms with E-state index in [9.17, 15) is 9.59 Å². The molecule has 0 saturated carbocycles. The van der Waals surface area contributed by atoms with Crippen LogP contribution in [-0.2, 0) is 0 Å². The second kappa shape index (κ2) is 8.32. The van der Waals surface area contributed by atoms with Crippen LogP contribution in [0.15, 0.2) is 24.3 Å². The summed E-state index contributed by atoms with van der Waals surface area (Å²) in [6, 6.07) is 5.79. The van der Waals surface area contributed by atoms with E-state index in [1.807, 2.05) is 0 Å². The maximum absolute atomic E-state index is 11.8. The molecule has 1 unspecified atom stereocenters. The summed E-state index contributed by atoms with van der Waals surface area (Å²) in [5.41, 5.74) is 0.392. The van der Waals surface area contributed by atoms with Gasteiger partial charge in [-0.05, 0) is 18.2 Å². The standard InChI is InChI=1S/C13H18N2O6/c16-7-10(17)5-14-12(20)8-2-1-3-9(4-8)13(21)15-6-11(18)19/h1-4,10-11,16-19H,5-7H2,(H,14,20)(H,15,21). The number of hydrogen-bond donors (Lipinski definition) is 6. The molecule has 1 rings (SSSR count). The topological polar surface area (TPSA) is 139 Å². The van der Waals surface area contributed by atoms with Gasteiger partial charge in [-0.1, -0.05) is 6.07 Å². The van der Waals surface area contributed by atoms with Crippen molar-refractivity contribution < 1.29 is 30.0 Å². The van der Waals surface area contributed by atoms with Crippen molar-refractivity contribution in [3.05, 3.63) is 35.4 Å². The first-order valence-corrected chi connectivity index (χ1v) is 6.25. The molecule has 0 fully saturated rings. The van der Waals surface area contributed by atoms with Crippen molar-refractivity contribution >= 4 is 11.8 Å². The maximum atomic E-state index is 11.8. The molecular weight excluding hydrogens is 280 g/mol. The normalized spacial score (nSPS) is 12.0. The number of carbonyl (C=O) groups excluding carboxylic acids is 2. The van der Waals surface area contributed by atoms with Gasteiger partial charge in [-0.2, -0.15) is 0 Å². The largest absolute Gasteiger partial charge is 0.394 e. The van der Waals surface area contributed by atoms with Gasteiger partial charge in [0.2, 0.25) is 0 Å². The first kappa shape index (κ1) is 17.1. The fourth-order valence-corrected chi connectivity index (χ4v) is 1.46. The van der Waals surface area contributed by atoms with Crippen LogP contribution in [-0.4, -0.2) is 64.3 Å². The molecule has 2 amide bonds. The highest BCUT2D eigenvalue weighted by atomic mass is 16.5. The Morgan fingerprint density at radius 1 is 1.00 bits per heavy atom. The molecule has 0 radical (unpaired) electrons. The van der Waals surface area contributed by atoms with Crippen LogP contribution in [0, 0.1) is 0 Å². The molecule has 8 nitrogen and oxygen atoms in total. The van der Waals surface area contributed by atoms with E-state index in [1.165, 1.54) is 24.3 Å². The van der Waals surface area contributed by atoms with Crippen molar-refractivity contribution in [2.75, 3.05) is 19.7 Å². The zero-order chi connectivity index (χ0) is 15.8. The van der Waals surface area contributed by atoms with Crippen molar-refractivity contribution in [3.8, 4) is 0 Å². The van der Waals surface area contributed by atoms with E-state index in [0.29, 0.717) is 0 Å². The first-order chi connectivity index (χ1) is 9.93. The van der Waals surface area contributed by atoms with E-state index in [-0.39, 0.29) is 24.2 Å². The summed E-state index contributed by atoms with van der Waals surface area (Å²) < 4.78 is 0. The molecule has 0 bridgehead atoms. The molecule has 0 aliphatic rings. The zero-order valence-corrected chi connectivity index (χ0v) is 11.2. The van der Waals surface area contributed by atoms with E-state index in [4.69, 9.17) is 20.4 Å². The van der Waals surface area contributed by atoms with Gasteiger partial charge < -0.3 is 31.1 Å². The van der Waals surface area contributed by atoms with E-state index in [1.54, 1.807) is 0 Å². The van der Waals surface area contributed by atoms with E-state index < -0.39 is 30.8 Å². The minimum atomic E-state index is -1.65. The Balaban J connectivity index is 2.67. The van der Waals surface area contributed by atoms with Crippen molar-refractivity contribution in [1.29, 1.82) is 0 Å². The third-order valence-corrected chi connectivity index (χ3v) is 2.54. The molecule has 0 aliphatic carbocycles. The average Bonchev–Trinajstić information content (AvgIpc) is 2.49. The second-order valence-electron chi connectivity index (χ2n) is 4.32. The molecule has 1 aromatic rings. The Kier molecular flexibility index (Phi) is 6.76. The Morgan fingerprint density at radius 3 is 2.00 bits per heavy atom. The lowest BCUT2D eigenvalue weighted by atomic mass is 10.1. The highest BCUT2D eigenvalue weighted by Gasteiger charge is 2.12. The molecule has 6 N–H and O–H groups in total. The summed E-state index contributed by atoms with van der Waals surface area (Å²) in [6.45, 7) is -0.896. The summed E-state index contributed by atoms with van der Waals surface area (Å²) in [5, 5.41) is 39.8. The van der Waals surface area contributed by atoms with E-state index in [2.05, 4.69) is 10.6 Å². The number of carbonyl (C=O) groups is 2. The lowest BCUT2D eigenvalue weighted by Gasteiger charge is -2.10. The van der Waals surface area contributed by atoms with Crippen molar-refractivity contribution in [1.82, 2.24) is 10.6 Å². The van der Waals surface area contributed by atoms with Crippen LogP contribution < -0.4 is 10.6 Å². The van der Waals surface area contributed by atoms with Gasteiger partial charge >= 0.3 is 0 Å². The molecule has 0 aromatic heterocycles. The molecule has 1 aromatic carbocycles. The van der Waals surface area contributed by atoms with Gasteiger partial charge in [0, 0.05) is 17.7 Å². The Labute approximate surface area is 121 Å². The second-order valence-corrected chi connectivity index (χ2v) is 4.32. The Morgan fingerprint density at radius 2 is 1.52 bits per heavy atom. The SMILES string of the molecule is O=C(NCC(O)O)c1cccc(C(=O)NCC(O)CO)c1. The molecule has 0 spiro atoms. The molecule has 8 heteroatoms. The van der Waals surface area contributed by atoms with Crippen LogP contribution in [0.5, 0.6) is 0 Å². The van der Waals surface area contributed by atoms with E-state index in [0.717, 1.165) is 0 Å². The van der Waals surface area contributed by atoms with Gasteiger partial charge in [-0.25, -0.2) is 0 Å². The van der Waals surface area contributed by atoms with Gasteiger partial charge in [-0.15, -0.1) is 0 Å². The fraction of sp³-hybridized carbons (Fsp3) is 0.385. The lowest BCUT2D eigenvalue weighted by Crippen LogP contribution is -2.34. The fourth-order valence-electron chi connectivity index (χ4n) is 1.46. The van der Waals surface area contributed by atoms with Crippen LogP contribution in [0.3, 0.4) is 0 Å². The summed E-state index contributed by atoms with van der Waals surface area (Å²) in [4.78, 5) is 23.5. The van der Waals surface area contributed by atoms with Gasteiger partial charge in [0.15, 0.2) is 6.29 Å². The number of nitrogens with one attached hydrogen (secondary N) is 2. The number of aliphatic hydroxyl groups excluding tert-OH is 3. The first-order valence-electron chi connectivity index (χ1n) is 6.25. The summed E-state index contributed by atoms with van der Waals surface area (Å²) in [7, 11) is 0. The van der Waals surface area contributed by atoms with Crippen LogP contribution in [0.25, 0.3) is 0 Å². The Hall–Kier alpha value is -2.00. The molecule has 116 valence electrons.